The summed E-state index contributed by atoms with van der Waals surface area (Å²) >= 11 is 0. The monoisotopic (exact) mass is 363 g/mol. The first-order chi connectivity index (χ1) is 13.1. The summed E-state index contributed by atoms with van der Waals surface area (Å²) in [6, 6.07) is 13.3. The van der Waals surface area contributed by atoms with Crippen LogP contribution in [0.1, 0.15) is 29.1 Å². The lowest BCUT2D eigenvalue weighted by Gasteiger charge is -2.15. The largest absolute Gasteiger partial charge is 0.441 e. The van der Waals surface area contributed by atoms with Gasteiger partial charge >= 0.3 is 0 Å². The predicted octanol–water partition coefficient (Wildman–Crippen LogP) is 3.16. The highest BCUT2D eigenvalue weighted by atomic mass is 16.3. The van der Waals surface area contributed by atoms with Crippen LogP contribution in [0, 0.1) is 6.92 Å². The first kappa shape index (κ1) is 17.3. The normalized spacial score (nSPS) is 14.1. The fraction of sp³-hybridized carbons (Fsp3) is 0.286. The van der Waals surface area contributed by atoms with E-state index in [1.165, 1.54) is 0 Å². The van der Waals surface area contributed by atoms with Crippen LogP contribution < -0.4 is 5.32 Å². The van der Waals surface area contributed by atoms with Gasteiger partial charge in [0.2, 0.25) is 5.91 Å². The molecule has 1 aliphatic rings. The quantitative estimate of drug-likeness (QED) is 0.756. The van der Waals surface area contributed by atoms with Crippen LogP contribution in [0.15, 0.2) is 46.9 Å². The van der Waals surface area contributed by atoms with Crippen molar-refractivity contribution in [3.05, 3.63) is 53.9 Å². The van der Waals surface area contributed by atoms with Gasteiger partial charge in [0.25, 0.3) is 5.91 Å². The van der Waals surface area contributed by atoms with Crippen LogP contribution in [0.3, 0.4) is 0 Å². The molecule has 2 amide bonds. The maximum atomic E-state index is 12.5. The van der Waals surface area contributed by atoms with Crippen LogP contribution >= 0.6 is 0 Å². The maximum Gasteiger partial charge on any atom is 0.251 e. The average Bonchev–Trinajstić information content (AvgIpc) is 3.25. The molecule has 0 atom stereocenters. The zero-order valence-corrected chi connectivity index (χ0v) is 15.2. The van der Waals surface area contributed by atoms with E-state index < -0.39 is 0 Å². The Balaban J connectivity index is 1.46. The van der Waals surface area contributed by atoms with Gasteiger partial charge in [0.05, 0.1) is 0 Å². The summed E-state index contributed by atoms with van der Waals surface area (Å²) in [5, 5.41) is 2.90. The summed E-state index contributed by atoms with van der Waals surface area (Å²) in [4.78, 5) is 30.2. The van der Waals surface area contributed by atoms with Crippen molar-refractivity contribution in [3.8, 4) is 11.1 Å². The van der Waals surface area contributed by atoms with Crippen LogP contribution in [-0.2, 0) is 4.79 Å². The van der Waals surface area contributed by atoms with Gasteiger partial charge in [-0.25, -0.2) is 4.98 Å². The first-order valence-corrected chi connectivity index (χ1v) is 9.14. The van der Waals surface area contributed by atoms with Gasteiger partial charge in [-0.15, -0.1) is 0 Å². The molecule has 6 heteroatoms. The average molecular weight is 363 g/mol. The van der Waals surface area contributed by atoms with Gasteiger partial charge in [-0.3, -0.25) is 9.59 Å². The molecule has 27 heavy (non-hydrogen) atoms. The van der Waals surface area contributed by atoms with E-state index in [1.807, 2.05) is 43.3 Å². The van der Waals surface area contributed by atoms with Crippen molar-refractivity contribution in [1.29, 1.82) is 0 Å². The molecule has 3 aromatic rings. The first-order valence-electron chi connectivity index (χ1n) is 9.14. The van der Waals surface area contributed by atoms with Crippen molar-refractivity contribution in [3.63, 3.8) is 0 Å². The highest BCUT2D eigenvalue weighted by Crippen LogP contribution is 2.25. The van der Waals surface area contributed by atoms with E-state index in [0.717, 1.165) is 35.2 Å². The molecule has 138 valence electrons. The molecule has 0 spiro atoms. The predicted molar refractivity (Wildman–Crippen MR) is 102 cm³/mol. The SMILES string of the molecule is Cc1nc2cc(-c3cccc(C(=O)NCCN4CCCC4=O)c3)ccc2o1. The fourth-order valence-corrected chi connectivity index (χ4v) is 3.41. The van der Waals surface area contributed by atoms with E-state index in [2.05, 4.69) is 10.3 Å². The number of amides is 2. The zero-order chi connectivity index (χ0) is 18.8. The number of rotatable bonds is 5. The number of likely N-dealkylation sites (tertiary alicyclic amines) is 1. The summed E-state index contributed by atoms with van der Waals surface area (Å²) in [5.74, 6) is 0.665. The molecule has 1 saturated heterocycles. The number of fused-ring (bicyclic) bond motifs is 1. The van der Waals surface area contributed by atoms with E-state index >= 15 is 0 Å². The lowest BCUT2D eigenvalue weighted by Crippen LogP contribution is -2.35. The molecule has 0 bridgehead atoms. The molecule has 1 N–H and O–H groups in total. The van der Waals surface area contributed by atoms with Crippen LogP contribution in [0.4, 0.5) is 0 Å². The lowest BCUT2D eigenvalue weighted by atomic mass is 10.0. The van der Waals surface area contributed by atoms with E-state index in [1.54, 1.807) is 11.0 Å². The molecule has 4 rings (SSSR count). The standard InChI is InChI=1S/C21H21N3O3/c1-14-23-18-13-16(7-8-19(18)27-14)15-4-2-5-17(12-15)21(26)22-9-11-24-10-3-6-20(24)25/h2,4-5,7-8,12-13H,3,6,9-11H2,1H3,(H,22,26). The van der Waals surface area contributed by atoms with Gasteiger partial charge in [-0.05, 0) is 41.8 Å². The number of oxazole rings is 1. The van der Waals surface area contributed by atoms with Crippen molar-refractivity contribution in [2.24, 2.45) is 0 Å². The Morgan fingerprint density at radius 3 is 2.89 bits per heavy atom. The van der Waals surface area contributed by atoms with E-state index in [9.17, 15) is 9.59 Å². The number of carbonyl (C=O) groups excluding carboxylic acids is 2. The lowest BCUT2D eigenvalue weighted by molar-refractivity contribution is -0.127. The Hall–Kier alpha value is -3.15. The van der Waals surface area contributed by atoms with Gasteiger partial charge in [0.1, 0.15) is 5.52 Å². The number of nitrogens with zero attached hydrogens (tertiary/aromatic N) is 2. The van der Waals surface area contributed by atoms with Crippen molar-refractivity contribution < 1.29 is 14.0 Å². The van der Waals surface area contributed by atoms with Crippen LogP contribution in [0.25, 0.3) is 22.2 Å². The minimum absolute atomic E-state index is 0.137. The van der Waals surface area contributed by atoms with Crippen LogP contribution in [0.2, 0.25) is 0 Å². The molecular formula is C21H21N3O3. The third kappa shape index (κ3) is 3.69. The number of carbonyl (C=O) groups is 2. The van der Waals surface area contributed by atoms with E-state index in [4.69, 9.17) is 4.42 Å². The van der Waals surface area contributed by atoms with Crippen LogP contribution in [-0.4, -0.2) is 41.3 Å². The Kier molecular flexibility index (Phi) is 4.62. The molecule has 1 fully saturated rings. The van der Waals surface area contributed by atoms with Gasteiger partial charge in [-0.1, -0.05) is 18.2 Å². The van der Waals surface area contributed by atoms with Crippen LogP contribution in [0.5, 0.6) is 0 Å². The van der Waals surface area contributed by atoms with Gasteiger partial charge in [-0.2, -0.15) is 0 Å². The van der Waals surface area contributed by atoms with Crippen molar-refractivity contribution in [1.82, 2.24) is 15.2 Å². The van der Waals surface area contributed by atoms with Crippen molar-refractivity contribution in [2.45, 2.75) is 19.8 Å². The Bertz CT molecular complexity index is 1010. The third-order valence-corrected chi connectivity index (χ3v) is 4.79. The molecule has 1 aliphatic heterocycles. The smallest absolute Gasteiger partial charge is 0.251 e. The second-order valence-corrected chi connectivity index (χ2v) is 6.74. The maximum absolute atomic E-state index is 12.5. The Morgan fingerprint density at radius 2 is 2.07 bits per heavy atom. The number of hydrogen-bond donors (Lipinski definition) is 1. The van der Waals surface area contributed by atoms with E-state index in [-0.39, 0.29) is 11.8 Å². The molecule has 0 saturated carbocycles. The van der Waals surface area contributed by atoms with Crippen molar-refractivity contribution >= 4 is 22.9 Å². The van der Waals surface area contributed by atoms with E-state index in [0.29, 0.717) is 31.0 Å². The molecule has 6 nitrogen and oxygen atoms in total. The fourth-order valence-electron chi connectivity index (χ4n) is 3.41. The molecule has 1 aromatic heterocycles. The topological polar surface area (TPSA) is 75.4 Å². The second kappa shape index (κ2) is 7.23. The molecule has 2 heterocycles. The van der Waals surface area contributed by atoms with Gasteiger partial charge in [0.15, 0.2) is 11.5 Å². The minimum atomic E-state index is -0.137. The molecule has 2 aromatic carbocycles. The summed E-state index contributed by atoms with van der Waals surface area (Å²) in [7, 11) is 0. The Labute approximate surface area is 157 Å². The molecule has 0 unspecified atom stereocenters. The zero-order valence-electron chi connectivity index (χ0n) is 15.2. The third-order valence-electron chi connectivity index (χ3n) is 4.79. The number of hydrogen-bond acceptors (Lipinski definition) is 4. The number of benzene rings is 2. The Morgan fingerprint density at radius 1 is 1.22 bits per heavy atom. The second-order valence-electron chi connectivity index (χ2n) is 6.74. The highest BCUT2D eigenvalue weighted by molar-refractivity contribution is 5.95. The minimum Gasteiger partial charge on any atom is -0.441 e. The number of aromatic nitrogens is 1. The van der Waals surface area contributed by atoms with Gasteiger partial charge in [0, 0.05) is 38.5 Å². The molecule has 0 aliphatic carbocycles. The summed E-state index contributed by atoms with van der Waals surface area (Å²) in [5.41, 5.74) is 4.07. The van der Waals surface area contributed by atoms with Crippen molar-refractivity contribution in [2.75, 3.05) is 19.6 Å². The number of nitrogens with one attached hydrogen (secondary N) is 1. The summed E-state index contributed by atoms with van der Waals surface area (Å²) in [6.45, 7) is 3.62. The number of aryl methyl sites for hydroxylation is 1. The highest BCUT2D eigenvalue weighted by Gasteiger charge is 2.19. The summed E-state index contributed by atoms with van der Waals surface area (Å²) in [6.07, 6.45) is 1.52. The summed E-state index contributed by atoms with van der Waals surface area (Å²) < 4.78 is 5.51. The molecule has 0 radical (unpaired) electrons. The molecular weight excluding hydrogens is 342 g/mol. The van der Waals surface area contributed by atoms with Gasteiger partial charge < -0.3 is 14.6 Å².